The molecule has 0 spiro atoms. The van der Waals surface area contributed by atoms with E-state index >= 15 is 0 Å². The van der Waals surface area contributed by atoms with Gasteiger partial charge in [-0.1, -0.05) is 23.2 Å². The minimum Gasteiger partial charge on any atom is -0.475 e. The Balaban J connectivity index is 1.43. The lowest BCUT2D eigenvalue weighted by atomic mass is 10.1. The first-order chi connectivity index (χ1) is 13.5. The van der Waals surface area contributed by atoms with Gasteiger partial charge in [-0.05, 0) is 48.5 Å². The van der Waals surface area contributed by atoms with Crippen LogP contribution in [0.5, 0.6) is 5.88 Å². The van der Waals surface area contributed by atoms with E-state index < -0.39 is 6.03 Å². The lowest BCUT2D eigenvalue weighted by molar-refractivity contribution is 0.246. The summed E-state index contributed by atoms with van der Waals surface area (Å²) in [6.45, 7) is 0.454. The van der Waals surface area contributed by atoms with Crippen LogP contribution in [0.2, 0.25) is 10.0 Å². The van der Waals surface area contributed by atoms with E-state index in [1.807, 2.05) is 0 Å². The minimum atomic E-state index is -0.417. The zero-order chi connectivity index (χ0) is 19.9. The average molecular weight is 421 g/mol. The largest absolute Gasteiger partial charge is 0.475 e. The van der Waals surface area contributed by atoms with Crippen LogP contribution in [-0.2, 0) is 0 Å². The van der Waals surface area contributed by atoms with Gasteiger partial charge < -0.3 is 15.4 Å². The van der Waals surface area contributed by atoms with Crippen molar-refractivity contribution in [1.82, 2.24) is 15.5 Å². The molecule has 3 aromatic rings. The maximum atomic E-state index is 13.0. The van der Waals surface area contributed by atoms with E-state index in [-0.39, 0.29) is 19.0 Å². The number of benzene rings is 2. The monoisotopic (exact) mass is 420 g/mol. The Bertz CT molecular complexity index is 933. The first kappa shape index (κ1) is 19.9. The molecule has 6 nitrogen and oxygen atoms in total. The van der Waals surface area contributed by atoms with Crippen molar-refractivity contribution >= 4 is 34.9 Å². The van der Waals surface area contributed by atoms with Crippen LogP contribution in [0.4, 0.5) is 14.9 Å². The number of nitrogens with zero attached hydrogens (tertiary/aromatic N) is 2. The van der Waals surface area contributed by atoms with Crippen molar-refractivity contribution in [3.05, 3.63) is 70.5 Å². The lowest BCUT2D eigenvalue weighted by Gasteiger charge is -2.09. The van der Waals surface area contributed by atoms with Crippen molar-refractivity contribution in [3.8, 4) is 17.1 Å². The second-order valence-corrected chi connectivity index (χ2v) is 6.52. The van der Waals surface area contributed by atoms with Crippen molar-refractivity contribution in [2.75, 3.05) is 18.5 Å². The lowest BCUT2D eigenvalue weighted by Crippen LogP contribution is -2.32. The molecule has 9 heteroatoms. The number of halogens is 3. The molecule has 144 valence electrons. The summed E-state index contributed by atoms with van der Waals surface area (Å²) in [6.07, 6.45) is 0. The molecule has 1 aromatic heterocycles. The molecule has 0 fully saturated rings. The molecule has 28 heavy (non-hydrogen) atoms. The molecular weight excluding hydrogens is 406 g/mol. The fourth-order valence-electron chi connectivity index (χ4n) is 2.29. The number of amides is 2. The van der Waals surface area contributed by atoms with Crippen molar-refractivity contribution in [2.45, 2.75) is 0 Å². The Kier molecular flexibility index (Phi) is 6.62. The van der Waals surface area contributed by atoms with Gasteiger partial charge in [0.25, 0.3) is 0 Å². The molecule has 1 heterocycles. The van der Waals surface area contributed by atoms with E-state index in [4.69, 9.17) is 27.9 Å². The molecule has 2 aromatic carbocycles. The van der Waals surface area contributed by atoms with E-state index in [1.54, 1.807) is 42.5 Å². The van der Waals surface area contributed by atoms with Crippen LogP contribution < -0.4 is 15.4 Å². The van der Waals surface area contributed by atoms with E-state index in [2.05, 4.69) is 20.8 Å². The summed E-state index contributed by atoms with van der Waals surface area (Å²) < 4.78 is 18.4. The number of hydrogen-bond acceptors (Lipinski definition) is 4. The average Bonchev–Trinajstić information content (AvgIpc) is 2.65. The van der Waals surface area contributed by atoms with E-state index in [1.165, 1.54) is 12.1 Å². The Hall–Kier alpha value is -2.90. The predicted octanol–water partition coefficient (Wildman–Crippen LogP) is 4.79. The summed E-state index contributed by atoms with van der Waals surface area (Å²) >= 11 is 11.8. The van der Waals surface area contributed by atoms with Gasteiger partial charge in [0, 0.05) is 27.4 Å². The zero-order valence-corrected chi connectivity index (χ0v) is 16.0. The summed E-state index contributed by atoms with van der Waals surface area (Å²) in [5, 5.41) is 14.1. The fraction of sp³-hybridized carbons (Fsp3) is 0.105. The first-order valence-corrected chi connectivity index (χ1v) is 8.98. The van der Waals surface area contributed by atoms with Gasteiger partial charge in [0.15, 0.2) is 0 Å². The highest BCUT2D eigenvalue weighted by Gasteiger charge is 2.05. The molecule has 0 aliphatic carbocycles. The molecule has 0 aliphatic rings. The summed E-state index contributed by atoms with van der Waals surface area (Å²) in [6, 6.07) is 13.7. The predicted molar refractivity (Wildman–Crippen MR) is 106 cm³/mol. The Morgan fingerprint density at radius 3 is 2.36 bits per heavy atom. The van der Waals surface area contributed by atoms with Crippen LogP contribution in [0.15, 0.2) is 54.6 Å². The highest BCUT2D eigenvalue weighted by molar-refractivity contribution is 6.35. The van der Waals surface area contributed by atoms with Crippen LogP contribution in [0, 0.1) is 5.82 Å². The van der Waals surface area contributed by atoms with Gasteiger partial charge in [0.2, 0.25) is 5.88 Å². The molecular formula is C19H15Cl2FN4O2. The first-order valence-electron chi connectivity index (χ1n) is 8.23. The van der Waals surface area contributed by atoms with Gasteiger partial charge in [-0.15, -0.1) is 10.2 Å². The van der Waals surface area contributed by atoms with Crippen LogP contribution in [-0.4, -0.2) is 29.4 Å². The highest BCUT2D eigenvalue weighted by Crippen LogP contribution is 2.22. The molecule has 0 saturated heterocycles. The molecule has 0 atom stereocenters. The van der Waals surface area contributed by atoms with Gasteiger partial charge in [-0.25, -0.2) is 9.18 Å². The summed E-state index contributed by atoms with van der Waals surface area (Å²) in [7, 11) is 0. The normalized spacial score (nSPS) is 10.4. The van der Waals surface area contributed by atoms with Gasteiger partial charge in [-0.2, -0.15) is 0 Å². The van der Waals surface area contributed by atoms with Crippen molar-refractivity contribution in [1.29, 1.82) is 0 Å². The number of carbonyl (C=O) groups excluding carboxylic acids is 1. The maximum Gasteiger partial charge on any atom is 0.319 e. The van der Waals surface area contributed by atoms with Gasteiger partial charge >= 0.3 is 6.03 Å². The van der Waals surface area contributed by atoms with Gasteiger partial charge in [-0.3, -0.25) is 0 Å². The summed E-state index contributed by atoms with van der Waals surface area (Å²) in [5.41, 5.74) is 1.84. The number of ether oxygens (including phenoxy) is 1. The molecule has 2 N–H and O–H groups in total. The number of urea groups is 1. The Morgan fingerprint density at radius 1 is 1.00 bits per heavy atom. The van der Waals surface area contributed by atoms with E-state index in [9.17, 15) is 9.18 Å². The number of carbonyl (C=O) groups is 1. The molecule has 0 radical (unpaired) electrons. The second kappa shape index (κ2) is 9.34. The smallest absolute Gasteiger partial charge is 0.319 e. The third kappa shape index (κ3) is 5.80. The van der Waals surface area contributed by atoms with Gasteiger partial charge in [0.1, 0.15) is 12.4 Å². The van der Waals surface area contributed by atoms with Crippen molar-refractivity contribution < 1.29 is 13.9 Å². The molecule has 0 unspecified atom stereocenters. The molecule has 0 bridgehead atoms. The summed E-state index contributed by atoms with van der Waals surface area (Å²) in [4.78, 5) is 11.9. The minimum absolute atomic E-state index is 0.203. The number of anilines is 1. The highest BCUT2D eigenvalue weighted by atomic mass is 35.5. The Labute approximate surface area is 170 Å². The van der Waals surface area contributed by atoms with Crippen LogP contribution in [0.25, 0.3) is 11.3 Å². The summed E-state index contributed by atoms with van der Waals surface area (Å²) in [5.74, 6) is 0.00125. The quantitative estimate of drug-likeness (QED) is 0.562. The van der Waals surface area contributed by atoms with Crippen LogP contribution >= 0.6 is 23.2 Å². The van der Waals surface area contributed by atoms with E-state index in [0.29, 0.717) is 27.3 Å². The number of rotatable bonds is 6. The third-order valence-corrected chi connectivity index (χ3v) is 3.97. The SMILES string of the molecule is O=C(NCCOc1ccc(-c2ccc(F)cc2)nn1)Nc1cc(Cl)cc(Cl)c1. The molecule has 2 amide bonds. The standard InChI is InChI=1S/C19H15Cl2FN4O2/c20-13-9-14(21)11-16(10-13)24-19(27)23-7-8-28-18-6-5-17(25-26-18)12-1-3-15(22)4-2-12/h1-6,9-11H,7-8H2,(H2,23,24,27). The topological polar surface area (TPSA) is 76.1 Å². The van der Waals surface area contributed by atoms with Crippen LogP contribution in [0.1, 0.15) is 0 Å². The van der Waals surface area contributed by atoms with Crippen molar-refractivity contribution in [2.24, 2.45) is 0 Å². The van der Waals surface area contributed by atoms with E-state index in [0.717, 1.165) is 5.56 Å². The number of nitrogens with one attached hydrogen (secondary N) is 2. The Morgan fingerprint density at radius 2 is 1.71 bits per heavy atom. The fourth-order valence-corrected chi connectivity index (χ4v) is 2.82. The molecule has 3 rings (SSSR count). The maximum absolute atomic E-state index is 13.0. The second-order valence-electron chi connectivity index (χ2n) is 5.65. The molecule has 0 aliphatic heterocycles. The zero-order valence-electron chi connectivity index (χ0n) is 14.5. The number of hydrogen-bond donors (Lipinski definition) is 2. The molecule has 0 saturated carbocycles. The van der Waals surface area contributed by atoms with Gasteiger partial charge in [0.05, 0.1) is 12.2 Å². The third-order valence-electron chi connectivity index (χ3n) is 3.54. The van der Waals surface area contributed by atoms with Crippen LogP contribution in [0.3, 0.4) is 0 Å². The number of aromatic nitrogens is 2. The van der Waals surface area contributed by atoms with Crippen molar-refractivity contribution in [3.63, 3.8) is 0 Å².